The van der Waals surface area contributed by atoms with Crippen LogP contribution < -0.4 is 5.32 Å². The zero-order valence-corrected chi connectivity index (χ0v) is 10.8. The van der Waals surface area contributed by atoms with E-state index in [4.69, 9.17) is 0 Å². The zero-order chi connectivity index (χ0) is 11.0. The SMILES string of the molecule is CCCC(CCC)CCNC(C)(C)C. The second-order valence-electron chi connectivity index (χ2n) is 5.41. The standard InChI is InChI=1S/C13H29N/c1-6-8-12(9-7-2)10-11-14-13(3,4)5/h12,14H,6-11H2,1-5H3. The Balaban J connectivity index is 3.60. The van der Waals surface area contributed by atoms with Gasteiger partial charge >= 0.3 is 0 Å². The summed E-state index contributed by atoms with van der Waals surface area (Å²) >= 11 is 0. The minimum Gasteiger partial charge on any atom is -0.312 e. The first-order valence-electron chi connectivity index (χ1n) is 6.24. The van der Waals surface area contributed by atoms with E-state index in [0.717, 1.165) is 5.92 Å². The average molecular weight is 199 g/mol. The van der Waals surface area contributed by atoms with Crippen LogP contribution in [0.3, 0.4) is 0 Å². The Kier molecular flexibility index (Phi) is 7.26. The van der Waals surface area contributed by atoms with Crippen molar-refractivity contribution in [1.82, 2.24) is 5.32 Å². The molecule has 0 unspecified atom stereocenters. The maximum atomic E-state index is 3.57. The summed E-state index contributed by atoms with van der Waals surface area (Å²) in [5.41, 5.74) is 0.281. The maximum Gasteiger partial charge on any atom is 0.00965 e. The lowest BCUT2D eigenvalue weighted by molar-refractivity contribution is 0.357. The van der Waals surface area contributed by atoms with Gasteiger partial charge in [0, 0.05) is 5.54 Å². The lowest BCUT2D eigenvalue weighted by atomic mass is 9.94. The molecule has 0 aromatic heterocycles. The zero-order valence-electron chi connectivity index (χ0n) is 10.8. The van der Waals surface area contributed by atoms with Gasteiger partial charge in [0.05, 0.1) is 0 Å². The highest BCUT2D eigenvalue weighted by molar-refractivity contribution is 4.71. The summed E-state index contributed by atoms with van der Waals surface area (Å²) in [6, 6.07) is 0. The predicted octanol–water partition coefficient (Wildman–Crippen LogP) is 3.98. The van der Waals surface area contributed by atoms with E-state index < -0.39 is 0 Å². The predicted molar refractivity (Wildman–Crippen MR) is 65.7 cm³/mol. The van der Waals surface area contributed by atoms with Crippen LogP contribution in [0.25, 0.3) is 0 Å². The third-order valence-corrected chi connectivity index (χ3v) is 2.60. The molecule has 0 rings (SSSR count). The van der Waals surface area contributed by atoms with Gasteiger partial charge in [-0.25, -0.2) is 0 Å². The van der Waals surface area contributed by atoms with Crippen LogP contribution in [-0.2, 0) is 0 Å². The fourth-order valence-corrected chi connectivity index (χ4v) is 1.90. The molecule has 86 valence electrons. The van der Waals surface area contributed by atoms with E-state index in [-0.39, 0.29) is 5.54 Å². The van der Waals surface area contributed by atoms with Crippen LogP contribution in [-0.4, -0.2) is 12.1 Å². The van der Waals surface area contributed by atoms with Crippen molar-refractivity contribution < 1.29 is 0 Å². The van der Waals surface area contributed by atoms with Crippen molar-refractivity contribution in [3.05, 3.63) is 0 Å². The third kappa shape index (κ3) is 8.55. The molecule has 0 saturated heterocycles. The van der Waals surface area contributed by atoms with E-state index in [2.05, 4.69) is 39.9 Å². The van der Waals surface area contributed by atoms with Gasteiger partial charge in [-0.1, -0.05) is 39.5 Å². The van der Waals surface area contributed by atoms with E-state index in [1.165, 1.54) is 38.6 Å². The molecule has 0 amide bonds. The number of rotatable bonds is 7. The Morgan fingerprint density at radius 1 is 0.929 bits per heavy atom. The van der Waals surface area contributed by atoms with E-state index in [1.54, 1.807) is 0 Å². The monoisotopic (exact) mass is 199 g/mol. The van der Waals surface area contributed by atoms with Crippen LogP contribution >= 0.6 is 0 Å². The van der Waals surface area contributed by atoms with Crippen molar-refractivity contribution in [3.8, 4) is 0 Å². The minimum absolute atomic E-state index is 0.281. The molecular formula is C13H29N. The molecule has 1 N–H and O–H groups in total. The van der Waals surface area contributed by atoms with Crippen molar-refractivity contribution >= 4 is 0 Å². The average Bonchev–Trinajstić information content (AvgIpc) is 2.02. The first-order chi connectivity index (χ1) is 6.49. The van der Waals surface area contributed by atoms with Crippen molar-refractivity contribution in [2.45, 2.75) is 72.3 Å². The number of hydrogen-bond donors (Lipinski definition) is 1. The molecule has 0 aromatic rings. The van der Waals surface area contributed by atoms with Gasteiger partial charge in [-0.05, 0) is 39.7 Å². The Bertz CT molecular complexity index is 118. The van der Waals surface area contributed by atoms with Crippen molar-refractivity contribution in [2.75, 3.05) is 6.54 Å². The second kappa shape index (κ2) is 7.28. The van der Waals surface area contributed by atoms with Crippen LogP contribution in [0.2, 0.25) is 0 Å². The summed E-state index contributed by atoms with van der Waals surface area (Å²) in [5.74, 6) is 0.944. The molecule has 14 heavy (non-hydrogen) atoms. The Hall–Kier alpha value is -0.0400. The van der Waals surface area contributed by atoms with Gasteiger partial charge in [-0.3, -0.25) is 0 Å². The largest absolute Gasteiger partial charge is 0.312 e. The molecule has 0 aliphatic heterocycles. The summed E-state index contributed by atoms with van der Waals surface area (Å²) in [6.45, 7) is 12.5. The lowest BCUT2D eigenvalue weighted by Gasteiger charge is -2.23. The molecule has 0 aliphatic carbocycles. The Labute approximate surface area is 90.7 Å². The van der Waals surface area contributed by atoms with E-state index in [0.29, 0.717) is 0 Å². The van der Waals surface area contributed by atoms with Crippen molar-refractivity contribution in [3.63, 3.8) is 0 Å². The highest BCUT2D eigenvalue weighted by Crippen LogP contribution is 2.17. The quantitative estimate of drug-likeness (QED) is 0.654. The third-order valence-electron chi connectivity index (χ3n) is 2.60. The summed E-state index contributed by atoms with van der Waals surface area (Å²) in [5, 5.41) is 3.57. The van der Waals surface area contributed by atoms with Gasteiger partial charge in [0.1, 0.15) is 0 Å². The van der Waals surface area contributed by atoms with Crippen molar-refractivity contribution in [1.29, 1.82) is 0 Å². The van der Waals surface area contributed by atoms with Crippen LogP contribution in [0.4, 0.5) is 0 Å². The smallest absolute Gasteiger partial charge is 0.00965 e. The van der Waals surface area contributed by atoms with E-state index in [1.807, 2.05) is 0 Å². The summed E-state index contributed by atoms with van der Waals surface area (Å²) in [4.78, 5) is 0. The second-order valence-corrected chi connectivity index (χ2v) is 5.41. The molecule has 1 heteroatoms. The summed E-state index contributed by atoms with van der Waals surface area (Å²) in [7, 11) is 0. The van der Waals surface area contributed by atoms with Gasteiger partial charge < -0.3 is 5.32 Å². The van der Waals surface area contributed by atoms with E-state index in [9.17, 15) is 0 Å². The van der Waals surface area contributed by atoms with Crippen LogP contribution in [0, 0.1) is 5.92 Å². The molecule has 0 bridgehead atoms. The first kappa shape index (κ1) is 14.0. The van der Waals surface area contributed by atoms with Crippen molar-refractivity contribution in [2.24, 2.45) is 5.92 Å². The molecular weight excluding hydrogens is 170 g/mol. The Morgan fingerprint density at radius 2 is 1.43 bits per heavy atom. The first-order valence-corrected chi connectivity index (χ1v) is 6.24. The van der Waals surface area contributed by atoms with Crippen LogP contribution in [0.5, 0.6) is 0 Å². The molecule has 0 radical (unpaired) electrons. The molecule has 0 atom stereocenters. The molecule has 0 heterocycles. The maximum absolute atomic E-state index is 3.57. The van der Waals surface area contributed by atoms with Gasteiger partial charge in [0.2, 0.25) is 0 Å². The minimum atomic E-state index is 0.281. The Morgan fingerprint density at radius 3 is 1.79 bits per heavy atom. The fourth-order valence-electron chi connectivity index (χ4n) is 1.90. The van der Waals surface area contributed by atoms with Gasteiger partial charge in [-0.15, -0.1) is 0 Å². The highest BCUT2D eigenvalue weighted by Gasteiger charge is 2.10. The number of hydrogen-bond acceptors (Lipinski definition) is 1. The fraction of sp³-hybridized carbons (Fsp3) is 1.00. The summed E-state index contributed by atoms with van der Waals surface area (Å²) in [6.07, 6.45) is 6.82. The number of nitrogens with one attached hydrogen (secondary N) is 1. The van der Waals surface area contributed by atoms with Gasteiger partial charge in [0.15, 0.2) is 0 Å². The van der Waals surface area contributed by atoms with Crippen LogP contribution in [0.1, 0.15) is 66.7 Å². The molecule has 0 saturated carbocycles. The molecule has 0 fully saturated rings. The highest BCUT2D eigenvalue weighted by atomic mass is 14.9. The van der Waals surface area contributed by atoms with Crippen LogP contribution in [0.15, 0.2) is 0 Å². The lowest BCUT2D eigenvalue weighted by Crippen LogP contribution is -2.37. The molecule has 0 aliphatic rings. The molecule has 0 spiro atoms. The molecule has 1 nitrogen and oxygen atoms in total. The van der Waals surface area contributed by atoms with Gasteiger partial charge in [0.25, 0.3) is 0 Å². The normalized spacial score (nSPS) is 12.4. The summed E-state index contributed by atoms with van der Waals surface area (Å²) < 4.78 is 0. The topological polar surface area (TPSA) is 12.0 Å². The van der Waals surface area contributed by atoms with Gasteiger partial charge in [-0.2, -0.15) is 0 Å². The van der Waals surface area contributed by atoms with E-state index >= 15 is 0 Å². The molecule has 0 aromatic carbocycles.